The Hall–Kier alpha value is -1.13. The summed E-state index contributed by atoms with van der Waals surface area (Å²) in [5, 5.41) is 0.0908. The smallest absolute Gasteiger partial charge is 0.169 e. The summed E-state index contributed by atoms with van der Waals surface area (Å²) in [7, 11) is 0. The molecule has 3 nitrogen and oxygen atoms in total. The molecule has 1 unspecified atom stereocenters. The van der Waals surface area contributed by atoms with Gasteiger partial charge in [0.25, 0.3) is 0 Å². The van der Waals surface area contributed by atoms with E-state index in [9.17, 15) is 4.39 Å². The molecule has 0 bridgehead atoms. The first-order valence-electron chi connectivity index (χ1n) is 5.58. The first-order chi connectivity index (χ1) is 8.10. The van der Waals surface area contributed by atoms with Gasteiger partial charge in [-0.3, -0.25) is 0 Å². The van der Waals surface area contributed by atoms with E-state index in [1.54, 1.807) is 6.07 Å². The molecular weight excluding hydrogens is 243 g/mol. The minimum Gasteiger partial charge on any atom is -0.367 e. The largest absolute Gasteiger partial charge is 0.367 e. The van der Waals surface area contributed by atoms with Crippen molar-refractivity contribution in [3.05, 3.63) is 28.8 Å². The van der Waals surface area contributed by atoms with Crippen LogP contribution < -0.4 is 0 Å². The Balaban J connectivity index is 2.17. The summed E-state index contributed by atoms with van der Waals surface area (Å²) < 4.78 is 19.4. The van der Waals surface area contributed by atoms with Crippen molar-refractivity contribution < 1.29 is 9.13 Å². The molecule has 1 aromatic heterocycles. The topological polar surface area (TPSA) is 37.9 Å². The quantitative estimate of drug-likeness (QED) is 0.847. The molecule has 0 spiro atoms. The second-order valence-corrected chi connectivity index (χ2v) is 4.93. The van der Waals surface area contributed by atoms with Crippen molar-refractivity contribution >= 4 is 22.6 Å². The number of ether oxygens (including phenoxy) is 1. The number of aromatic amines is 1. The predicted octanol–water partition coefficient (Wildman–Crippen LogP) is 3.38. The second-order valence-electron chi connectivity index (χ2n) is 4.53. The van der Waals surface area contributed by atoms with Crippen LogP contribution in [0.5, 0.6) is 0 Å². The van der Waals surface area contributed by atoms with Gasteiger partial charge in [0.15, 0.2) is 5.82 Å². The standard InChI is InChI=1S/C12H12ClFN2O/c1-12(5-2-6-17-12)11-15-8-4-3-7(13)9(14)10(8)16-11/h3-4H,2,5-6H2,1H3,(H,15,16). The molecule has 1 aromatic carbocycles. The third-order valence-corrected chi connectivity index (χ3v) is 3.56. The van der Waals surface area contributed by atoms with Crippen LogP contribution in [0, 0.1) is 5.82 Å². The maximum Gasteiger partial charge on any atom is 0.169 e. The van der Waals surface area contributed by atoms with Gasteiger partial charge in [-0.2, -0.15) is 0 Å². The highest BCUT2D eigenvalue weighted by molar-refractivity contribution is 6.31. The lowest BCUT2D eigenvalue weighted by molar-refractivity contribution is 0.0103. The molecule has 0 aliphatic carbocycles. The van der Waals surface area contributed by atoms with E-state index in [-0.39, 0.29) is 10.5 Å². The lowest BCUT2D eigenvalue weighted by atomic mass is 10.0. The zero-order valence-corrected chi connectivity index (χ0v) is 10.1. The van der Waals surface area contributed by atoms with Crippen molar-refractivity contribution in [2.24, 2.45) is 0 Å². The van der Waals surface area contributed by atoms with Crippen LogP contribution in [0.3, 0.4) is 0 Å². The molecule has 5 heteroatoms. The van der Waals surface area contributed by atoms with Crippen LogP contribution >= 0.6 is 11.6 Å². The number of rotatable bonds is 1. The first-order valence-corrected chi connectivity index (χ1v) is 5.96. The van der Waals surface area contributed by atoms with Gasteiger partial charge in [-0.25, -0.2) is 9.37 Å². The first kappa shape index (κ1) is 11.0. The fraction of sp³-hybridized carbons (Fsp3) is 0.417. The molecule has 1 aliphatic rings. The van der Waals surface area contributed by atoms with Crippen molar-refractivity contribution in [1.29, 1.82) is 0 Å². The van der Waals surface area contributed by atoms with Crippen LogP contribution in [-0.4, -0.2) is 16.6 Å². The lowest BCUT2D eigenvalue weighted by Crippen LogP contribution is -2.21. The number of nitrogens with zero attached hydrogens (tertiary/aromatic N) is 1. The van der Waals surface area contributed by atoms with Crippen molar-refractivity contribution in [2.75, 3.05) is 6.61 Å². The Labute approximate surface area is 103 Å². The number of hydrogen-bond acceptors (Lipinski definition) is 2. The highest BCUT2D eigenvalue weighted by Crippen LogP contribution is 2.35. The highest BCUT2D eigenvalue weighted by Gasteiger charge is 2.35. The summed E-state index contributed by atoms with van der Waals surface area (Å²) in [5.74, 6) is 0.194. The molecule has 2 heterocycles. The molecule has 1 aliphatic heterocycles. The monoisotopic (exact) mass is 254 g/mol. The molecule has 17 heavy (non-hydrogen) atoms. The zero-order valence-electron chi connectivity index (χ0n) is 9.39. The van der Waals surface area contributed by atoms with E-state index in [1.165, 1.54) is 6.07 Å². The number of nitrogens with one attached hydrogen (secondary N) is 1. The van der Waals surface area contributed by atoms with Crippen LogP contribution in [0.2, 0.25) is 5.02 Å². The van der Waals surface area contributed by atoms with Crippen LogP contribution in [0.15, 0.2) is 12.1 Å². The highest BCUT2D eigenvalue weighted by atomic mass is 35.5. The summed E-state index contributed by atoms with van der Waals surface area (Å²) in [6.45, 7) is 2.69. The average Bonchev–Trinajstić information content (AvgIpc) is 2.91. The molecule has 0 radical (unpaired) electrons. The van der Waals surface area contributed by atoms with E-state index in [0.29, 0.717) is 11.3 Å². The molecule has 1 atom stereocenters. The molecule has 90 valence electrons. The zero-order chi connectivity index (χ0) is 12.0. The van der Waals surface area contributed by atoms with Crippen molar-refractivity contribution in [3.8, 4) is 0 Å². The van der Waals surface area contributed by atoms with Crippen LogP contribution in [0.1, 0.15) is 25.6 Å². The summed E-state index contributed by atoms with van der Waals surface area (Å²) in [5.41, 5.74) is 0.501. The Morgan fingerprint density at radius 3 is 3.06 bits per heavy atom. The van der Waals surface area contributed by atoms with Gasteiger partial charge in [-0.15, -0.1) is 0 Å². The van der Waals surface area contributed by atoms with Gasteiger partial charge in [-0.05, 0) is 31.9 Å². The summed E-state index contributed by atoms with van der Waals surface area (Å²) >= 11 is 5.73. The number of halogens is 2. The van der Waals surface area contributed by atoms with E-state index in [1.807, 2.05) is 6.92 Å². The lowest BCUT2D eigenvalue weighted by Gasteiger charge is -2.19. The van der Waals surface area contributed by atoms with Crippen LogP contribution in [0.4, 0.5) is 4.39 Å². The number of imidazole rings is 1. The number of hydrogen-bond donors (Lipinski definition) is 1. The fourth-order valence-electron chi connectivity index (χ4n) is 2.23. The van der Waals surface area contributed by atoms with Gasteiger partial charge in [0.2, 0.25) is 0 Å². The Morgan fingerprint density at radius 2 is 2.35 bits per heavy atom. The van der Waals surface area contributed by atoms with Gasteiger partial charge in [-0.1, -0.05) is 11.6 Å². The fourth-order valence-corrected chi connectivity index (χ4v) is 2.39. The van der Waals surface area contributed by atoms with E-state index in [0.717, 1.165) is 19.4 Å². The number of benzene rings is 1. The normalized spacial score (nSPS) is 24.6. The molecule has 3 rings (SSSR count). The SMILES string of the molecule is CC1(c2nc3c(F)c(Cl)ccc3[nH]2)CCCO1. The van der Waals surface area contributed by atoms with Crippen molar-refractivity contribution in [3.63, 3.8) is 0 Å². The van der Waals surface area contributed by atoms with Gasteiger partial charge in [0.05, 0.1) is 10.5 Å². The third-order valence-electron chi connectivity index (χ3n) is 3.27. The molecule has 1 saturated heterocycles. The molecule has 0 amide bonds. The second kappa shape index (κ2) is 3.68. The number of aromatic nitrogens is 2. The maximum absolute atomic E-state index is 13.8. The van der Waals surface area contributed by atoms with Crippen molar-refractivity contribution in [1.82, 2.24) is 9.97 Å². The summed E-state index contributed by atoms with van der Waals surface area (Å²) in [4.78, 5) is 7.40. The Kier molecular flexibility index (Phi) is 2.38. The number of H-pyrrole nitrogens is 1. The Bertz CT molecular complexity index is 575. The van der Waals surface area contributed by atoms with Gasteiger partial charge < -0.3 is 9.72 Å². The van der Waals surface area contributed by atoms with Crippen LogP contribution in [-0.2, 0) is 10.3 Å². The predicted molar refractivity (Wildman–Crippen MR) is 63.6 cm³/mol. The van der Waals surface area contributed by atoms with Gasteiger partial charge in [0, 0.05) is 6.61 Å². The van der Waals surface area contributed by atoms with E-state index < -0.39 is 11.4 Å². The van der Waals surface area contributed by atoms with E-state index in [4.69, 9.17) is 16.3 Å². The maximum atomic E-state index is 13.8. The average molecular weight is 255 g/mol. The minimum absolute atomic E-state index is 0.0908. The summed E-state index contributed by atoms with van der Waals surface area (Å²) in [6, 6.07) is 3.26. The van der Waals surface area contributed by atoms with Crippen molar-refractivity contribution in [2.45, 2.75) is 25.4 Å². The third kappa shape index (κ3) is 1.63. The molecule has 1 fully saturated rings. The summed E-state index contributed by atoms with van der Waals surface area (Å²) in [6.07, 6.45) is 1.89. The van der Waals surface area contributed by atoms with Gasteiger partial charge >= 0.3 is 0 Å². The molecular formula is C12H12ClFN2O. The number of fused-ring (bicyclic) bond motifs is 1. The minimum atomic E-state index is -0.478. The molecule has 2 aromatic rings. The molecule has 1 N–H and O–H groups in total. The van der Waals surface area contributed by atoms with Gasteiger partial charge in [0.1, 0.15) is 16.9 Å². The van der Waals surface area contributed by atoms with Crippen LogP contribution in [0.25, 0.3) is 11.0 Å². The Morgan fingerprint density at radius 1 is 1.53 bits per heavy atom. The van der Waals surface area contributed by atoms with E-state index >= 15 is 0 Å². The van der Waals surface area contributed by atoms with E-state index in [2.05, 4.69) is 9.97 Å². The molecule has 0 saturated carbocycles.